The summed E-state index contributed by atoms with van der Waals surface area (Å²) in [4.78, 5) is 41.6. The summed E-state index contributed by atoms with van der Waals surface area (Å²) >= 11 is 7.46. The molecule has 2 aromatic rings. The van der Waals surface area contributed by atoms with Crippen molar-refractivity contribution in [2.45, 2.75) is 17.9 Å². The maximum absolute atomic E-state index is 12.8. The number of hydrogen-bond acceptors (Lipinski definition) is 6. The number of likely N-dealkylation sites (tertiary alicyclic amines) is 1. The third-order valence-corrected chi connectivity index (χ3v) is 6.09. The van der Waals surface area contributed by atoms with E-state index in [1.807, 2.05) is 11.2 Å². The second-order valence-electron chi connectivity index (χ2n) is 6.93. The normalized spacial score (nSPS) is 14.4. The molecule has 1 aromatic carbocycles. The third kappa shape index (κ3) is 5.09. The fraction of sp³-hybridized carbons (Fsp3) is 0.350. The largest absolute Gasteiger partial charge is 0.352 e. The van der Waals surface area contributed by atoms with E-state index in [9.17, 15) is 19.7 Å². The van der Waals surface area contributed by atoms with Crippen LogP contribution >= 0.6 is 23.4 Å². The molecule has 10 heteroatoms. The quantitative estimate of drug-likeness (QED) is 0.411. The van der Waals surface area contributed by atoms with Crippen molar-refractivity contribution in [2.75, 3.05) is 25.9 Å². The molecule has 8 nitrogen and oxygen atoms in total. The second-order valence-corrected chi connectivity index (χ2v) is 8.13. The molecule has 3 rings (SSSR count). The molecule has 1 fully saturated rings. The Morgan fingerprint density at radius 3 is 2.70 bits per heavy atom. The minimum absolute atomic E-state index is 0.0293. The number of carbonyl (C=O) groups is 2. The molecular weight excluding hydrogens is 428 g/mol. The van der Waals surface area contributed by atoms with Crippen LogP contribution in [-0.2, 0) is 0 Å². The molecule has 0 aliphatic carbocycles. The molecule has 0 atom stereocenters. The summed E-state index contributed by atoms with van der Waals surface area (Å²) in [5, 5.41) is 14.6. The average Bonchev–Trinajstić information content (AvgIpc) is 2.77. The fourth-order valence-electron chi connectivity index (χ4n) is 3.36. The van der Waals surface area contributed by atoms with Gasteiger partial charge in [-0.15, -0.1) is 11.8 Å². The van der Waals surface area contributed by atoms with Gasteiger partial charge in [0.05, 0.1) is 21.1 Å². The predicted octanol–water partition coefficient (Wildman–Crippen LogP) is 3.65. The van der Waals surface area contributed by atoms with E-state index in [0.29, 0.717) is 30.2 Å². The van der Waals surface area contributed by atoms with Crippen LogP contribution in [0, 0.1) is 16.0 Å². The number of halogens is 1. The maximum Gasteiger partial charge on any atom is 0.270 e. The molecule has 0 bridgehead atoms. The number of aromatic nitrogens is 1. The van der Waals surface area contributed by atoms with E-state index in [2.05, 4.69) is 10.3 Å². The lowest BCUT2D eigenvalue weighted by Crippen LogP contribution is -2.41. The van der Waals surface area contributed by atoms with Crippen LogP contribution in [0.15, 0.2) is 41.6 Å². The first-order valence-corrected chi connectivity index (χ1v) is 11.0. The van der Waals surface area contributed by atoms with Crippen molar-refractivity contribution < 1.29 is 14.5 Å². The first kappa shape index (κ1) is 22.0. The Morgan fingerprint density at radius 1 is 1.30 bits per heavy atom. The number of non-ortho nitro benzene ring substituents is 1. The molecule has 2 amide bonds. The molecule has 1 aliphatic rings. The number of nitrogens with one attached hydrogen (secondary N) is 1. The molecule has 1 saturated heterocycles. The monoisotopic (exact) mass is 448 g/mol. The summed E-state index contributed by atoms with van der Waals surface area (Å²) < 4.78 is 0. The number of hydrogen-bond donors (Lipinski definition) is 1. The van der Waals surface area contributed by atoms with Gasteiger partial charge in [-0.05, 0) is 43.2 Å². The number of rotatable bonds is 6. The van der Waals surface area contributed by atoms with Crippen LogP contribution in [0.1, 0.15) is 33.6 Å². The predicted molar refractivity (Wildman–Crippen MR) is 115 cm³/mol. The van der Waals surface area contributed by atoms with E-state index in [1.54, 1.807) is 18.3 Å². The minimum Gasteiger partial charge on any atom is -0.352 e. The van der Waals surface area contributed by atoms with E-state index in [0.717, 1.165) is 12.8 Å². The van der Waals surface area contributed by atoms with Crippen LogP contribution in [-0.4, -0.2) is 52.5 Å². The van der Waals surface area contributed by atoms with Crippen molar-refractivity contribution in [2.24, 2.45) is 5.92 Å². The lowest BCUT2D eigenvalue weighted by molar-refractivity contribution is -0.384. The molecule has 1 aromatic heterocycles. The number of pyridine rings is 1. The van der Waals surface area contributed by atoms with Gasteiger partial charge in [0.15, 0.2) is 0 Å². The summed E-state index contributed by atoms with van der Waals surface area (Å²) in [5.41, 5.74) is 0.508. The zero-order valence-corrected chi connectivity index (χ0v) is 17.9. The van der Waals surface area contributed by atoms with Gasteiger partial charge >= 0.3 is 0 Å². The van der Waals surface area contributed by atoms with Crippen LogP contribution in [0.25, 0.3) is 0 Å². The van der Waals surface area contributed by atoms with Crippen molar-refractivity contribution in [1.82, 2.24) is 15.2 Å². The molecule has 2 heterocycles. The fourth-order valence-corrected chi connectivity index (χ4v) is 4.10. The highest BCUT2D eigenvalue weighted by Gasteiger charge is 2.26. The number of benzene rings is 1. The molecule has 1 N–H and O–H groups in total. The smallest absolute Gasteiger partial charge is 0.270 e. The van der Waals surface area contributed by atoms with Crippen molar-refractivity contribution in [1.29, 1.82) is 0 Å². The summed E-state index contributed by atoms with van der Waals surface area (Å²) in [7, 11) is 0. The van der Waals surface area contributed by atoms with Crippen LogP contribution in [0.3, 0.4) is 0 Å². The third-order valence-electron chi connectivity index (χ3n) is 5.05. The van der Waals surface area contributed by atoms with Crippen LogP contribution in [0.4, 0.5) is 5.69 Å². The highest BCUT2D eigenvalue weighted by Crippen LogP contribution is 2.24. The summed E-state index contributed by atoms with van der Waals surface area (Å²) in [5.74, 6) is -0.259. The van der Waals surface area contributed by atoms with Gasteiger partial charge in [0.2, 0.25) is 0 Å². The maximum atomic E-state index is 12.8. The minimum atomic E-state index is -0.565. The number of thioether (sulfide) groups is 1. The molecule has 158 valence electrons. The Balaban J connectivity index is 1.54. The molecule has 0 saturated carbocycles. The van der Waals surface area contributed by atoms with Gasteiger partial charge in [-0.1, -0.05) is 11.6 Å². The SMILES string of the molecule is CSc1ncccc1C(=O)N1CCC(CNC(=O)c2cc([N+](=O)[O-])ccc2Cl)CC1. The van der Waals surface area contributed by atoms with Gasteiger partial charge in [-0.25, -0.2) is 4.98 Å². The summed E-state index contributed by atoms with van der Waals surface area (Å²) in [6.07, 6.45) is 5.07. The number of nitro benzene ring substituents is 1. The molecule has 30 heavy (non-hydrogen) atoms. The topological polar surface area (TPSA) is 105 Å². The van der Waals surface area contributed by atoms with Crippen molar-refractivity contribution >= 4 is 40.9 Å². The van der Waals surface area contributed by atoms with Gasteiger partial charge in [0.1, 0.15) is 5.03 Å². The zero-order chi connectivity index (χ0) is 21.7. The highest BCUT2D eigenvalue weighted by atomic mass is 35.5. The van der Waals surface area contributed by atoms with Gasteiger partial charge in [0, 0.05) is 38.0 Å². The van der Waals surface area contributed by atoms with E-state index in [1.165, 1.54) is 30.0 Å². The van der Waals surface area contributed by atoms with E-state index < -0.39 is 10.8 Å². The highest BCUT2D eigenvalue weighted by molar-refractivity contribution is 7.98. The van der Waals surface area contributed by atoms with E-state index in [4.69, 9.17) is 11.6 Å². The van der Waals surface area contributed by atoms with Gasteiger partial charge in [-0.3, -0.25) is 19.7 Å². The first-order valence-electron chi connectivity index (χ1n) is 9.41. The van der Waals surface area contributed by atoms with Crippen LogP contribution in [0.2, 0.25) is 5.02 Å². The summed E-state index contributed by atoms with van der Waals surface area (Å²) in [6, 6.07) is 7.33. The second kappa shape index (κ2) is 9.90. The van der Waals surface area contributed by atoms with Gasteiger partial charge in [-0.2, -0.15) is 0 Å². The number of carbonyl (C=O) groups excluding carboxylic acids is 2. The van der Waals surface area contributed by atoms with Crippen LogP contribution < -0.4 is 5.32 Å². The lowest BCUT2D eigenvalue weighted by atomic mass is 9.96. The standard InChI is InChI=1S/C20H21ClN4O4S/c1-30-19-15(3-2-8-22-19)20(27)24-9-6-13(7-10-24)12-23-18(26)16-11-14(25(28)29)4-5-17(16)21/h2-5,8,11,13H,6-7,9-10,12H2,1H3,(H,23,26). The molecular formula is C20H21ClN4O4S. The Morgan fingerprint density at radius 2 is 2.03 bits per heavy atom. The Kier molecular flexibility index (Phi) is 7.28. The van der Waals surface area contributed by atoms with Crippen LogP contribution in [0.5, 0.6) is 0 Å². The van der Waals surface area contributed by atoms with E-state index in [-0.39, 0.29) is 28.1 Å². The molecule has 0 radical (unpaired) electrons. The Hall–Kier alpha value is -2.65. The van der Waals surface area contributed by atoms with E-state index >= 15 is 0 Å². The first-order chi connectivity index (χ1) is 14.4. The lowest BCUT2D eigenvalue weighted by Gasteiger charge is -2.32. The number of piperidine rings is 1. The van der Waals surface area contributed by atoms with Gasteiger partial charge in [0.25, 0.3) is 17.5 Å². The average molecular weight is 449 g/mol. The molecule has 0 unspecified atom stereocenters. The molecule has 1 aliphatic heterocycles. The molecule has 0 spiro atoms. The zero-order valence-electron chi connectivity index (χ0n) is 16.3. The number of amides is 2. The number of nitrogens with zero attached hydrogens (tertiary/aromatic N) is 3. The number of nitro groups is 1. The van der Waals surface area contributed by atoms with Gasteiger partial charge < -0.3 is 10.2 Å². The van der Waals surface area contributed by atoms with Crippen molar-refractivity contribution in [3.05, 3.63) is 62.8 Å². The summed E-state index contributed by atoms with van der Waals surface area (Å²) in [6.45, 7) is 1.61. The Bertz CT molecular complexity index is 964. The Labute approximate surface area is 183 Å². The van der Waals surface area contributed by atoms with Crippen molar-refractivity contribution in [3.63, 3.8) is 0 Å². The van der Waals surface area contributed by atoms with Crippen molar-refractivity contribution in [3.8, 4) is 0 Å².